The van der Waals surface area contributed by atoms with E-state index in [0.29, 0.717) is 5.76 Å². The van der Waals surface area contributed by atoms with Crippen molar-refractivity contribution in [2.75, 3.05) is 13.8 Å². The van der Waals surface area contributed by atoms with Gasteiger partial charge in [-0.05, 0) is 42.4 Å². The average Bonchev–Trinajstić information content (AvgIpc) is 3.48. The van der Waals surface area contributed by atoms with Crippen LogP contribution >= 0.6 is 0 Å². The van der Waals surface area contributed by atoms with Gasteiger partial charge in [0.15, 0.2) is 5.76 Å². The van der Waals surface area contributed by atoms with E-state index < -0.39 is 0 Å². The number of nitrogens with zero attached hydrogens (tertiary/aromatic N) is 3. The van der Waals surface area contributed by atoms with Crippen molar-refractivity contribution in [3.8, 4) is 0 Å². The van der Waals surface area contributed by atoms with Crippen LogP contribution in [-0.2, 0) is 26.7 Å². The van der Waals surface area contributed by atoms with E-state index in [4.69, 9.17) is 9.47 Å². The zero-order valence-corrected chi connectivity index (χ0v) is 18.7. The molecule has 0 atom stereocenters. The van der Waals surface area contributed by atoms with Gasteiger partial charge in [0.25, 0.3) is 0 Å². The Morgan fingerprint density at radius 3 is 2.40 bits per heavy atom. The summed E-state index contributed by atoms with van der Waals surface area (Å²) in [7, 11) is 3.59. The zero-order valence-electron chi connectivity index (χ0n) is 18.7. The molecule has 1 aromatic carbocycles. The normalized spacial score (nSPS) is 15.3. The van der Waals surface area contributed by atoms with E-state index in [1.54, 1.807) is 17.9 Å². The molecule has 6 heteroatoms. The number of ether oxygens (including phenoxy) is 2. The fourth-order valence-corrected chi connectivity index (χ4v) is 3.24. The summed E-state index contributed by atoms with van der Waals surface area (Å²) in [6.07, 6.45) is 3.57. The van der Waals surface area contributed by atoms with E-state index in [1.165, 1.54) is 5.56 Å². The lowest BCUT2D eigenvalue weighted by molar-refractivity contribution is -0.153. The summed E-state index contributed by atoms with van der Waals surface area (Å²) in [6.45, 7) is 8.35. The quantitative estimate of drug-likeness (QED) is 0.292. The van der Waals surface area contributed by atoms with E-state index in [1.807, 2.05) is 20.0 Å². The van der Waals surface area contributed by atoms with Crippen molar-refractivity contribution in [2.24, 2.45) is 18.0 Å². The average molecular weight is 410 g/mol. The maximum absolute atomic E-state index is 11.9. The maximum atomic E-state index is 11.9. The minimum Gasteiger partial charge on any atom is -0.454 e. The van der Waals surface area contributed by atoms with Crippen LogP contribution in [0.3, 0.4) is 0 Å². The first-order valence-electron chi connectivity index (χ1n) is 10.3. The molecule has 0 radical (unpaired) electrons. The maximum Gasteiger partial charge on any atom is 0.311 e. The number of esters is 1. The lowest BCUT2D eigenvalue weighted by atomic mass is 9.86. The summed E-state index contributed by atoms with van der Waals surface area (Å²) in [5, 5.41) is 4.45. The molecular formula is C24H31N3O3. The summed E-state index contributed by atoms with van der Waals surface area (Å²) in [6, 6.07) is 10.3. The molecule has 1 aliphatic carbocycles. The number of carbonyl (C=O) groups is 1. The van der Waals surface area contributed by atoms with Gasteiger partial charge in [-0.15, -0.1) is 0 Å². The molecule has 1 aliphatic rings. The molecule has 1 heterocycles. The van der Waals surface area contributed by atoms with Crippen LogP contribution in [0.1, 0.15) is 56.1 Å². The SMILES string of the molecule is CN=C/C(=C(/OCOC(=O)C1CC1)c1cc(C)nn1C)c1ccc(C(C)(C)C)cc1. The minimum atomic E-state index is -0.198. The van der Waals surface area contributed by atoms with Gasteiger partial charge in [-0.3, -0.25) is 14.5 Å². The van der Waals surface area contributed by atoms with Crippen LogP contribution in [-0.4, -0.2) is 35.8 Å². The smallest absolute Gasteiger partial charge is 0.311 e. The van der Waals surface area contributed by atoms with Crippen LogP contribution in [0.5, 0.6) is 0 Å². The fraction of sp³-hybridized carbons (Fsp3) is 0.458. The molecule has 0 unspecified atom stereocenters. The number of aliphatic imine (C=N–C) groups is 1. The third kappa shape index (κ3) is 5.17. The first-order valence-corrected chi connectivity index (χ1v) is 10.3. The molecule has 3 rings (SSSR count). The van der Waals surface area contributed by atoms with Gasteiger partial charge in [0.05, 0.1) is 11.6 Å². The number of hydrogen-bond acceptors (Lipinski definition) is 5. The van der Waals surface area contributed by atoms with Crippen molar-refractivity contribution in [2.45, 2.75) is 46.0 Å². The minimum absolute atomic E-state index is 0.0293. The highest BCUT2D eigenvalue weighted by Gasteiger charge is 2.31. The van der Waals surface area contributed by atoms with Gasteiger partial charge in [-0.2, -0.15) is 5.10 Å². The Hall–Kier alpha value is -2.89. The van der Waals surface area contributed by atoms with Gasteiger partial charge in [0, 0.05) is 25.9 Å². The molecule has 160 valence electrons. The molecule has 1 aromatic heterocycles. The van der Waals surface area contributed by atoms with Crippen molar-refractivity contribution in [3.63, 3.8) is 0 Å². The van der Waals surface area contributed by atoms with Gasteiger partial charge in [-0.1, -0.05) is 45.0 Å². The molecule has 30 heavy (non-hydrogen) atoms. The van der Waals surface area contributed by atoms with Crippen LogP contribution in [0.4, 0.5) is 0 Å². The molecule has 0 bridgehead atoms. The van der Waals surface area contributed by atoms with E-state index in [9.17, 15) is 4.79 Å². The summed E-state index contributed by atoms with van der Waals surface area (Å²) >= 11 is 0. The predicted molar refractivity (Wildman–Crippen MR) is 119 cm³/mol. The zero-order chi connectivity index (χ0) is 21.9. The first-order chi connectivity index (χ1) is 14.2. The largest absolute Gasteiger partial charge is 0.454 e. The highest BCUT2D eigenvalue weighted by molar-refractivity contribution is 6.18. The van der Waals surface area contributed by atoms with Crippen LogP contribution in [0.15, 0.2) is 35.3 Å². The van der Waals surface area contributed by atoms with Gasteiger partial charge in [-0.25, -0.2) is 0 Å². The molecule has 6 nitrogen and oxygen atoms in total. The Kier molecular flexibility index (Phi) is 6.44. The van der Waals surface area contributed by atoms with E-state index >= 15 is 0 Å². The molecule has 2 aromatic rings. The lowest BCUT2D eigenvalue weighted by Gasteiger charge is -2.20. The number of hydrogen-bond donors (Lipinski definition) is 0. The van der Waals surface area contributed by atoms with Gasteiger partial charge >= 0.3 is 5.97 Å². The summed E-state index contributed by atoms with van der Waals surface area (Å²) in [4.78, 5) is 16.2. The molecule has 0 saturated heterocycles. The molecule has 1 fully saturated rings. The van der Waals surface area contributed by atoms with Crippen molar-refractivity contribution in [1.82, 2.24) is 9.78 Å². The highest BCUT2D eigenvalue weighted by Crippen LogP contribution is 2.31. The number of aryl methyl sites for hydroxylation is 2. The topological polar surface area (TPSA) is 65.7 Å². The fourth-order valence-electron chi connectivity index (χ4n) is 3.24. The van der Waals surface area contributed by atoms with E-state index in [-0.39, 0.29) is 24.1 Å². The Morgan fingerprint density at radius 2 is 1.90 bits per heavy atom. The van der Waals surface area contributed by atoms with Crippen molar-refractivity contribution in [3.05, 3.63) is 52.8 Å². The number of rotatable bonds is 7. The molecule has 0 amide bonds. The van der Waals surface area contributed by atoms with Gasteiger partial charge in [0.2, 0.25) is 6.79 Å². The molecule has 0 aliphatic heterocycles. The van der Waals surface area contributed by atoms with Crippen molar-refractivity contribution in [1.29, 1.82) is 0 Å². The number of allylic oxidation sites excluding steroid dienone is 1. The second-order valence-electron chi connectivity index (χ2n) is 8.75. The number of aromatic nitrogens is 2. The Morgan fingerprint density at radius 1 is 1.23 bits per heavy atom. The van der Waals surface area contributed by atoms with Crippen LogP contribution in [0, 0.1) is 12.8 Å². The number of carbonyl (C=O) groups excluding carboxylic acids is 1. The third-order valence-electron chi connectivity index (χ3n) is 5.11. The van der Waals surface area contributed by atoms with E-state index in [0.717, 1.165) is 35.4 Å². The molecule has 0 spiro atoms. The predicted octanol–water partition coefficient (Wildman–Crippen LogP) is 4.52. The second kappa shape index (κ2) is 8.86. The first kappa shape index (κ1) is 21.8. The Balaban J connectivity index is 2.00. The van der Waals surface area contributed by atoms with Crippen LogP contribution in [0.25, 0.3) is 11.3 Å². The third-order valence-corrected chi connectivity index (χ3v) is 5.11. The summed E-state index contributed by atoms with van der Waals surface area (Å²) in [5.74, 6) is 0.410. The second-order valence-corrected chi connectivity index (χ2v) is 8.75. The van der Waals surface area contributed by atoms with Crippen molar-refractivity contribution < 1.29 is 14.3 Å². The molecular weight excluding hydrogens is 378 g/mol. The number of benzene rings is 1. The van der Waals surface area contributed by atoms with Gasteiger partial charge in [0.1, 0.15) is 5.69 Å². The Bertz CT molecular complexity index is 959. The van der Waals surface area contributed by atoms with Crippen LogP contribution in [0.2, 0.25) is 0 Å². The monoisotopic (exact) mass is 409 g/mol. The standard InChI is InChI=1S/C24H31N3O3/c1-16-13-21(27(6)26-16)22(29-15-30-23(28)18-7-8-18)20(14-25-5)17-9-11-19(12-10-17)24(2,3)4/h9-14,18H,7-8,15H2,1-6H3/b22-20-,25-14?. The lowest BCUT2D eigenvalue weighted by Crippen LogP contribution is -2.12. The molecule has 0 N–H and O–H groups in total. The molecule has 1 saturated carbocycles. The van der Waals surface area contributed by atoms with E-state index in [2.05, 4.69) is 55.1 Å². The van der Waals surface area contributed by atoms with Gasteiger partial charge < -0.3 is 9.47 Å². The Labute approximate surface area is 178 Å². The van der Waals surface area contributed by atoms with Crippen molar-refractivity contribution >= 4 is 23.5 Å². The summed E-state index contributed by atoms with van der Waals surface area (Å²) in [5.41, 5.74) is 4.76. The highest BCUT2D eigenvalue weighted by atomic mass is 16.7. The van der Waals surface area contributed by atoms with Crippen LogP contribution < -0.4 is 0 Å². The summed E-state index contributed by atoms with van der Waals surface area (Å²) < 4.78 is 13.1.